The lowest BCUT2D eigenvalue weighted by molar-refractivity contribution is -0.0115. The van der Waals surface area contributed by atoms with Crippen molar-refractivity contribution in [1.82, 2.24) is 0 Å². The van der Waals surface area contributed by atoms with Gasteiger partial charge < -0.3 is 4.74 Å². The van der Waals surface area contributed by atoms with Gasteiger partial charge in [-0.2, -0.15) is 0 Å². The molecule has 1 heterocycles. The molecule has 1 nitrogen and oxygen atoms in total. The molecule has 0 radical (unpaired) electrons. The first-order valence-electron chi connectivity index (χ1n) is 3.92. The Morgan fingerprint density at radius 1 is 1.33 bits per heavy atom. The van der Waals surface area contributed by atoms with Crippen LogP contribution in [-0.4, -0.2) is 12.7 Å². The van der Waals surface area contributed by atoms with Crippen LogP contribution in [-0.2, 0) is 4.74 Å². The maximum absolute atomic E-state index is 5.54. The molecule has 54 valence electrons. The first-order valence-corrected chi connectivity index (χ1v) is 3.92. The molecule has 0 aromatic rings. The van der Waals surface area contributed by atoms with Crippen LogP contribution in [0.15, 0.2) is 0 Å². The maximum Gasteiger partial charge on any atom is 0.0598 e. The molecule has 1 aliphatic heterocycles. The molecule has 0 aromatic carbocycles. The second-order valence-electron chi connectivity index (χ2n) is 3.15. The van der Waals surface area contributed by atoms with Crippen LogP contribution in [0.2, 0.25) is 0 Å². The van der Waals surface area contributed by atoms with Crippen LogP contribution in [0.1, 0.15) is 33.1 Å². The van der Waals surface area contributed by atoms with E-state index < -0.39 is 0 Å². The van der Waals surface area contributed by atoms with Crippen molar-refractivity contribution in [3.05, 3.63) is 0 Å². The van der Waals surface area contributed by atoms with E-state index >= 15 is 0 Å². The van der Waals surface area contributed by atoms with Gasteiger partial charge in [-0.25, -0.2) is 0 Å². The predicted octanol–water partition coefficient (Wildman–Crippen LogP) is 2.21. The highest BCUT2D eigenvalue weighted by Crippen LogP contribution is 2.18. The van der Waals surface area contributed by atoms with E-state index in [1.54, 1.807) is 0 Å². The summed E-state index contributed by atoms with van der Waals surface area (Å²) in [6.45, 7) is 5.45. The van der Waals surface area contributed by atoms with E-state index in [9.17, 15) is 0 Å². The zero-order valence-corrected chi connectivity index (χ0v) is 6.39. The summed E-state index contributed by atoms with van der Waals surface area (Å²) in [6, 6.07) is 0. The van der Waals surface area contributed by atoms with E-state index in [1.165, 1.54) is 19.3 Å². The van der Waals surface area contributed by atoms with Gasteiger partial charge in [-0.05, 0) is 25.2 Å². The number of hydrogen-bond acceptors (Lipinski definition) is 1. The van der Waals surface area contributed by atoms with E-state index in [-0.39, 0.29) is 0 Å². The molecule has 1 heteroatoms. The topological polar surface area (TPSA) is 9.23 Å². The van der Waals surface area contributed by atoms with Crippen LogP contribution in [0.4, 0.5) is 0 Å². The fourth-order valence-corrected chi connectivity index (χ4v) is 1.29. The van der Waals surface area contributed by atoms with Gasteiger partial charge in [0, 0.05) is 6.61 Å². The molecular weight excluding hydrogens is 112 g/mol. The van der Waals surface area contributed by atoms with Crippen LogP contribution >= 0.6 is 0 Å². The third-order valence-electron chi connectivity index (χ3n) is 1.96. The molecule has 1 saturated heterocycles. The highest BCUT2D eigenvalue weighted by atomic mass is 16.5. The molecule has 0 aromatic heterocycles. The van der Waals surface area contributed by atoms with Gasteiger partial charge in [0.05, 0.1) is 6.10 Å². The summed E-state index contributed by atoms with van der Waals surface area (Å²) in [5.41, 5.74) is 0. The van der Waals surface area contributed by atoms with Crippen LogP contribution in [0.3, 0.4) is 0 Å². The quantitative estimate of drug-likeness (QED) is 0.526. The number of ether oxygens (including phenoxy) is 1. The summed E-state index contributed by atoms with van der Waals surface area (Å²) in [7, 11) is 0. The monoisotopic (exact) mass is 128 g/mol. The Bertz CT molecular complexity index is 72.6. The summed E-state index contributed by atoms with van der Waals surface area (Å²) < 4.78 is 5.54. The van der Waals surface area contributed by atoms with Gasteiger partial charge in [-0.15, -0.1) is 0 Å². The van der Waals surface area contributed by atoms with E-state index in [2.05, 4.69) is 13.8 Å². The molecule has 1 rings (SSSR count). The molecule has 1 aliphatic rings. The third-order valence-corrected chi connectivity index (χ3v) is 1.96. The Morgan fingerprint density at radius 2 is 2.11 bits per heavy atom. The van der Waals surface area contributed by atoms with E-state index in [0.717, 1.165) is 6.61 Å². The lowest BCUT2D eigenvalue weighted by atomic mass is 9.99. The minimum absolute atomic E-state index is 0.554. The smallest absolute Gasteiger partial charge is 0.0598 e. The van der Waals surface area contributed by atoms with Crippen LogP contribution in [0, 0.1) is 5.92 Å². The normalized spacial score (nSPS) is 29.0. The van der Waals surface area contributed by atoms with Gasteiger partial charge in [0.15, 0.2) is 0 Å². The van der Waals surface area contributed by atoms with Crippen molar-refractivity contribution < 1.29 is 4.74 Å². The molecule has 0 amide bonds. The van der Waals surface area contributed by atoms with Crippen LogP contribution in [0.25, 0.3) is 0 Å². The average molecular weight is 128 g/mol. The van der Waals surface area contributed by atoms with Gasteiger partial charge in [0.2, 0.25) is 0 Å². The van der Waals surface area contributed by atoms with Gasteiger partial charge in [-0.3, -0.25) is 0 Å². The zero-order valence-electron chi connectivity index (χ0n) is 6.39. The fraction of sp³-hybridized carbons (Fsp3) is 1.00. The Balaban J connectivity index is 2.23. The minimum Gasteiger partial charge on any atom is -0.378 e. The van der Waals surface area contributed by atoms with Gasteiger partial charge in [0.1, 0.15) is 0 Å². The minimum atomic E-state index is 0.554. The Kier molecular flexibility index (Phi) is 2.52. The third kappa shape index (κ3) is 1.98. The SMILES string of the molecule is CC(C)C1CCCCO1. The Hall–Kier alpha value is -0.0400. The van der Waals surface area contributed by atoms with Crippen molar-refractivity contribution in [2.24, 2.45) is 5.92 Å². The summed E-state index contributed by atoms with van der Waals surface area (Å²) in [5, 5.41) is 0. The van der Waals surface area contributed by atoms with Crippen molar-refractivity contribution in [1.29, 1.82) is 0 Å². The Labute approximate surface area is 57.4 Å². The summed E-state index contributed by atoms with van der Waals surface area (Å²) in [5.74, 6) is 0.713. The second-order valence-corrected chi connectivity index (χ2v) is 3.15. The fourth-order valence-electron chi connectivity index (χ4n) is 1.29. The molecular formula is C8H16O. The maximum atomic E-state index is 5.54. The highest BCUT2D eigenvalue weighted by Gasteiger charge is 2.16. The predicted molar refractivity (Wildman–Crippen MR) is 38.4 cm³/mol. The molecule has 1 fully saturated rings. The lowest BCUT2D eigenvalue weighted by Crippen LogP contribution is -2.24. The molecule has 0 aliphatic carbocycles. The highest BCUT2D eigenvalue weighted by molar-refractivity contribution is 4.65. The Morgan fingerprint density at radius 3 is 2.44 bits per heavy atom. The van der Waals surface area contributed by atoms with Crippen molar-refractivity contribution >= 4 is 0 Å². The van der Waals surface area contributed by atoms with Crippen molar-refractivity contribution in [2.75, 3.05) is 6.61 Å². The van der Waals surface area contributed by atoms with E-state index in [1.807, 2.05) is 0 Å². The van der Waals surface area contributed by atoms with Crippen LogP contribution in [0.5, 0.6) is 0 Å². The summed E-state index contributed by atoms with van der Waals surface area (Å²) in [6.07, 6.45) is 4.46. The molecule has 0 spiro atoms. The largest absolute Gasteiger partial charge is 0.378 e. The van der Waals surface area contributed by atoms with Gasteiger partial charge >= 0.3 is 0 Å². The standard InChI is InChI=1S/C8H16O/c1-7(2)8-5-3-4-6-9-8/h7-8H,3-6H2,1-2H3. The molecule has 0 N–H and O–H groups in total. The molecule has 1 unspecified atom stereocenters. The van der Waals surface area contributed by atoms with Crippen LogP contribution < -0.4 is 0 Å². The second kappa shape index (κ2) is 3.21. The zero-order chi connectivity index (χ0) is 6.69. The van der Waals surface area contributed by atoms with Crippen molar-refractivity contribution in [2.45, 2.75) is 39.2 Å². The first-order chi connectivity index (χ1) is 4.30. The summed E-state index contributed by atoms with van der Waals surface area (Å²) >= 11 is 0. The van der Waals surface area contributed by atoms with Crippen molar-refractivity contribution in [3.8, 4) is 0 Å². The molecule has 9 heavy (non-hydrogen) atoms. The first kappa shape index (κ1) is 7.07. The van der Waals surface area contributed by atoms with Crippen molar-refractivity contribution in [3.63, 3.8) is 0 Å². The van der Waals surface area contributed by atoms with Gasteiger partial charge in [-0.1, -0.05) is 13.8 Å². The number of rotatable bonds is 1. The van der Waals surface area contributed by atoms with E-state index in [4.69, 9.17) is 4.74 Å². The average Bonchev–Trinajstić information content (AvgIpc) is 1.90. The van der Waals surface area contributed by atoms with Gasteiger partial charge in [0.25, 0.3) is 0 Å². The van der Waals surface area contributed by atoms with E-state index in [0.29, 0.717) is 12.0 Å². The molecule has 0 bridgehead atoms. The number of hydrogen-bond donors (Lipinski definition) is 0. The summed E-state index contributed by atoms with van der Waals surface area (Å²) in [4.78, 5) is 0. The molecule has 0 saturated carbocycles. The molecule has 1 atom stereocenters. The lowest BCUT2D eigenvalue weighted by Gasteiger charge is -2.25.